The average Bonchev–Trinajstić information content (AvgIpc) is 2.46. The molecule has 0 spiro atoms. The summed E-state index contributed by atoms with van der Waals surface area (Å²) in [6.45, 7) is 2.05. The number of thioether (sulfide) groups is 1. The topological polar surface area (TPSA) is 58.6 Å². The van der Waals surface area contributed by atoms with E-state index in [9.17, 15) is 4.39 Å². The first kappa shape index (κ1) is 14.4. The lowest BCUT2D eigenvalue weighted by Gasteiger charge is -2.09. The second-order valence-corrected chi connectivity index (χ2v) is 5.36. The smallest absolute Gasteiger partial charge is 0.171 e. The van der Waals surface area contributed by atoms with E-state index in [-0.39, 0.29) is 5.84 Å². The molecular weight excluding hydrogens is 275 g/mol. The maximum atomic E-state index is 13.3. The van der Waals surface area contributed by atoms with Crippen LogP contribution >= 0.6 is 11.8 Å². The van der Waals surface area contributed by atoms with Gasteiger partial charge in [-0.1, -0.05) is 29.4 Å². The standard InChI is InChI=1S/C15H15FN2OS/c1-10-4-2-3-5-11(10)9-20-14-7-6-12(16)8-13(14)15(17)18-19/h2-8,19H,9H2,1H3,(H2,17,18). The Labute approximate surface area is 121 Å². The molecule has 0 unspecified atom stereocenters. The van der Waals surface area contributed by atoms with Crippen molar-refractivity contribution in [2.75, 3.05) is 0 Å². The van der Waals surface area contributed by atoms with Gasteiger partial charge in [-0.15, -0.1) is 11.8 Å². The summed E-state index contributed by atoms with van der Waals surface area (Å²) in [5.41, 5.74) is 8.39. The molecule has 20 heavy (non-hydrogen) atoms. The van der Waals surface area contributed by atoms with Crippen LogP contribution in [0.4, 0.5) is 4.39 Å². The van der Waals surface area contributed by atoms with E-state index < -0.39 is 5.82 Å². The van der Waals surface area contributed by atoms with Crippen LogP contribution in [0.15, 0.2) is 52.5 Å². The lowest BCUT2D eigenvalue weighted by atomic mass is 10.1. The number of rotatable bonds is 4. The Morgan fingerprint density at radius 2 is 2.05 bits per heavy atom. The van der Waals surface area contributed by atoms with Crippen molar-refractivity contribution in [3.8, 4) is 0 Å². The molecule has 0 aromatic heterocycles. The zero-order valence-electron chi connectivity index (χ0n) is 11.0. The van der Waals surface area contributed by atoms with Gasteiger partial charge in [0.25, 0.3) is 0 Å². The number of hydrogen-bond donors (Lipinski definition) is 2. The van der Waals surface area contributed by atoms with Gasteiger partial charge in [0.15, 0.2) is 5.84 Å². The van der Waals surface area contributed by atoms with Crippen molar-refractivity contribution in [3.05, 3.63) is 65.0 Å². The highest BCUT2D eigenvalue weighted by Gasteiger charge is 2.10. The second-order valence-electron chi connectivity index (χ2n) is 4.34. The molecule has 3 N–H and O–H groups in total. The highest BCUT2D eigenvalue weighted by Crippen LogP contribution is 2.28. The molecule has 2 aromatic carbocycles. The van der Waals surface area contributed by atoms with Gasteiger partial charge in [0.2, 0.25) is 0 Å². The largest absolute Gasteiger partial charge is 0.409 e. The Kier molecular flexibility index (Phi) is 4.63. The predicted molar refractivity (Wildman–Crippen MR) is 79.7 cm³/mol. The summed E-state index contributed by atoms with van der Waals surface area (Å²) in [6, 6.07) is 12.4. The van der Waals surface area contributed by atoms with E-state index in [1.165, 1.54) is 35.0 Å². The molecule has 2 rings (SSSR count). The molecule has 5 heteroatoms. The molecule has 0 atom stereocenters. The number of amidine groups is 1. The second kappa shape index (κ2) is 6.43. The summed E-state index contributed by atoms with van der Waals surface area (Å²) < 4.78 is 13.3. The monoisotopic (exact) mass is 290 g/mol. The summed E-state index contributed by atoms with van der Waals surface area (Å²) in [5.74, 6) is 0.243. The number of aryl methyl sites for hydroxylation is 1. The first-order chi connectivity index (χ1) is 9.61. The van der Waals surface area contributed by atoms with Gasteiger partial charge in [0, 0.05) is 16.2 Å². The normalized spacial score (nSPS) is 11.6. The average molecular weight is 290 g/mol. The molecule has 2 aromatic rings. The number of nitrogens with zero attached hydrogens (tertiary/aromatic N) is 1. The van der Waals surface area contributed by atoms with Gasteiger partial charge in [0.05, 0.1) is 0 Å². The Hall–Kier alpha value is -2.01. The summed E-state index contributed by atoms with van der Waals surface area (Å²) in [6.07, 6.45) is 0. The summed E-state index contributed by atoms with van der Waals surface area (Å²) in [7, 11) is 0. The van der Waals surface area contributed by atoms with E-state index in [2.05, 4.69) is 11.2 Å². The zero-order valence-corrected chi connectivity index (χ0v) is 11.8. The molecule has 0 aliphatic heterocycles. The van der Waals surface area contributed by atoms with Gasteiger partial charge in [-0.25, -0.2) is 4.39 Å². The number of benzene rings is 2. The quantitative estimate of drug-likeness (QED) is 0.298. The third kappa shape index (κ3) is 3.30. The van der Waals surface area contributed by atoms with Crippen LogP contribution in [0.5, 0.6) is 0 Å². The molecule has 0 aliphatic carbocycles. The summed E-state index contributed by atoms with van der Waals surface area (Å²) in [5, 5.41) is 11.7. The molecule has 0 heterocycles. The van der Waals surface area contributed by atoms with Crippen LogP contribution in [0.25, 0.3) is 0 Å². The minimum absolute atomic E-state index is 0.0863. The van der Waals surface area contributed by atoms with Crippen LogP contribution in [-0.4, -0.2) is 11.0 Å². The van der Waals surface area contributed by atoms with Crippen LogP contribution in [0.2, 0.25) is 0 Å². The summed E-state index contributed by atoms with van der Waals surface area (Å²) >= 11 is 1.53. The van der Waals surface area contributed by atoms with Crippen molar-refractivity contribution in [1.82, 2.24) is 0 Å². The zero-order chi connectivity index (χ0) is 14.5. The van der Waals surface area contributed by atoms with Crippen molar-refractivity contribution in [1.29, 1.82) is 0 Å². The third-order valence-corrected chi connectivity index (χ3v) is 4.09. The fourth-order valence-corrected chi connectivity index (χ4v) is 2.93. The van der Waals surface area contributed by atoms with Crippen molar-refractivity contribution in [2.24, 2.45) is 10.9 Å². The Morgan fingerprint density at radius 1 is 1.30 bits per heavy atom. The van der Waals surface area contributed by atoms with E-state index >= 15 is 0 Å². The molecule has 0 amide bonds. The van der Waals surface area contributed by atoms with E-state index in [4.69, 9.17) is 10.9 Å². The van der Waals surface area contributed by atoms with Gasteiger partial charge >= 0.3 is 0 Å². The highest BCUT2D eigenvalue weighted by molar-refractivity contribution is 7.98. The van der Waals surface area contributed by atoms with Gasteiger partial charge in [0.1, 0.15) is 5.82 Å². The lowest BCUT2D eigenvalue weighted by Crippen LogP contribution is -2.14. The Morgan fingerprint density at radius 3 is 2.75 bits per heavy atom. The van der Waals surface area contributed by atoms with Gasteiger partial charge in [-0.2, -0.15) is 0 Å². The Bertz CT molecular complexity index is 644. The van der Waals surface area contributed by atoms with Crippen LogP contribution in [0, 0.1) is 12.7 Å². The van der Waals surface area contributed by atoms with Gasteiger partial charge < -0.3 is 10.9 Å². The van der Waals surface area contributed by atoms with Crippen molar-refractivity contribution < 1.29 is 9.60 Å². The highest BCUT2D eigenvalue weighted by atomic mass is 32.2. The maximum Gasteiger partial charge on any atom is 0.171 e. The fraction of sp³-hybridized carbons (Fsp3) is 0.133. The minimum Gasteiger partial charge on any atom is -0.409 e. The Balaban J connectivity index is 2.24. The van der Waals surface area contributed by atoms with Crippen LogP contribution in [0.3, 0.4) is 0 Å². The van der Waals surface area contributed by atoms with E-state index in [0.717, 1.165) is 10.6 Å². The van der Waals surface area contributed by atoms with Gasteiger partial charge in [-0.3, -0.25) is 0 Å². The third-order valence-electron chi connectivity index (χ3n) is 2.97. The molecule has 3 nitrogen and oxygen atoms in total. The molecule has 0 fully saturated rings. The number of hydrogen-bond acceptors (Lipinski definition) is 3. The number of halogens is 1. The van der Waals surface area contributed by atoms with Crippen molar-refractivity contribution >= 4 is 17.6 Å². The van der Waals surface area contributed by atoms with Crippen molar-refractivity contribution in [3.63, 3.8) is 0 Å². The van der Waals surface area contributed by atoms with Crippen LogP contribution < -0.4 is 5.73 Å². The number of nitrogens with two attached hydrogens (primary N) is 1. The molecule has 0 bridgehead atoms. The van der Waals surface area contributed by atoms with E-state index in [1.807, 2.05) is 25.1 Å². The molecule has 0 saturated heterocycles. The maximum absolute atomic E-state index is 13.3. The fourth-order valence-electron chi connectivity index (χ4n) is 1.81. The van der Waals surface area contributed by atoms with Crippen LogP contribution in [-0.2, 0) is 5.75 Å². The minimum atomic E-state index is -0.410. The summed E-state index contributed by atoms with van der Waals surface area (Å²) in [4.78, 5) is 0.782. The van der Waals surface area contributed by atoms with Crippen molar-refractivity contribution in [2.45, 2.75) is 17.6 Å². The molecule has 104 valence electrons. The molecule has 0 aliphatic rings. The lowest BCUT2D eigenvalue weighted by molar-refractivity contribution is 0.318. The van der Waals surface area contributed by atoms with E-state index in [0.29, 0.717) is 5.56 Å². The molecular formula is C15H15FN2OS. The van der Waals surface area contributed by atoms with E-state index in [1.54, 1.807) is 6.07 Å². The first-order valence-corrected chi connectivity index (χ1v) is 7.05. The van der Waals surface area contributed by atoms with Gasteiger partial charge in [-0.05, 0) is 36.2 Å². The predicted octanol–water partition coefficient (Wildman–Crippen LogP) is 3.52. The number of oxime groups is 1. The molecule has 0 saturated carbocycles. The van der Waals surface area contributed by atoms with Crippen LogP contribution in [0.1, 0.15) is 16.7 Å². The molecule has 0 radical (unpaired) electrons. The first-order valence-electron chi connectivity index (χ1n) is 6.06. The SMILES string of the molecule is Cc1ccccc1CSc1ccc(F)cc1C(N)=NO.